The first-order valence-electron chi connectivity index (χ1n) is 5.22. The maximum atomic E-state index is 10.5. The molecule has 0 aromatic heterocycles. The Morgan fingerprint density at radius 2 is 1.69 bits per heavy atom. The Morgan fingerprint density at radius 1 is 1.15 bits per heavy atom. The minimum Gasteiger partial charge on any atom is -0.356 e. The fourth-order valence-electron chi connectivity index (χ4n) is 1.24. The van der Waals surface area contributed by atoms with E-state index in [1.54, 1.807) is 6.92 Å². The third-order valence-electron chi connectivity index (χ3n) is 2.00. The molecule has 3 heteroatoms. The van der Waals surface area contributed by atoms with Gasteiger partial charge in [-0.15, -0.1) is 0 Å². The lowest BCUT2D eigenvalue weighted by atomic mass is 10.1. The molecule has 1 amide bonds. The highest BCUT2D eigenvalue weighted by atomic mass is 16.1. The van der Waals surface area contributed by atoms with Crippen molar-refractivity contribution in [1.29, 1.82) is 0 Å². The van der Waals surface area contributed by atoms with Gasteiger partial charge in [-0.25, -0.2) is 0 Å². The lowest BCUT2D eigenvalue weighted by Crippen LogP contribution is -2.20. The number of nitrogens with one attached hydrogen (secondary N) is 1. The molecule has 0 rings (SSSR count). The van der Waals surface area contributed by atoms with Gasteiger partial charge in [0.25, 0.3) is 0 Å². The van der Waals surface area contributed by atoms with Crippen molar-refractivity contribution < 1.29 is 6.22 Å². The van der Waals surface area contributed by atoms with E-state index in [1.807, 2.05) is 0 Å². The minimum absolute atomic E-state index is 0. The quantitative estimate of drug-likeness (QED) is 0.569. The molecule has 0 aliphatic heterocycles. The average molecular weight is 188 g/mol. The summed E-state index contributed by atoms with van der Waals surface area (Å²) >= 11 is 0. The van der Waals surface area contributed by atoms with E-state index >= 15 is 0 Å². The Labute approximate surface area is 82.6 Å². The van der Waals surface area contributed by atoms with Crippen molar-refractivity contribution >= 4 is 5.91 Å². The van der Waals surface area contributed by atoms with E-state index in [0.29, 0.717) is 0 Å². The molecule has 0 saturated carbocycles. The zero-order valence-electron chi connectivity index (χ0n) is 8.64. The molecule has 0 bridgehead atoms. The summed E-state index contributed by atoms with van der Waals surface area (Å²) in [6, 6.07) is 0. The topological polar surface area (TPSA) is 55.1 Å². The minimum atomic E-state index is 0. The van der Waals surface area contributed by atoms with Crippen LogP contribution in [0.5, 0.6) is 0 Å². The Balaban J connectivity index is 0. The maximum absolute atomic E-state index is 10.5. The molecular weight excluding hydrogens is 164 g/mol. The fraction of sp³-hybridized carbons (Fsp3) is 0.900. The van der Waals surface area contributed by atoms with Gasteiger partial charge >= 0.3 is 0 Å². The normalized spacial score (nSPS) is 10.0. The molecule has 0 atom stereocenters. The second-order valence-electron chi connectivity index (χ2n) is 3.39. The second kappa shape index (κ2) is 9.52. The Hall–Kier alpha value is -0.570. The van der Waals surface area contributed by atoms with Crippen molar-refractivity contribution in [2.24, 2.45) is 5.73 Å². The fourth-order valence-corrected chi connectivity index (χ4v) is 1.24. The molecule has 0 aromatic carbocycles. The van der Waals surface area contributed by atoms with E-state index < -0.39 is 0 Å². The molecule has 0 saturated heterocycles. The molecular formula is C10H24N2O. The first-order chi connectivity index (χ1) is 6.27. The van der Waals surface area contributed by atoms with Gasteiger partial charge < -0.3 is 11.1 Å². The van der Waals surface area contributed by atoms with Gasteiger partial charge in [0.1, 0.15) is 0 Å². The van der Waals surface area contributed by atoms with Crippen LogP contribution >= 0.6 is 0 Å². The summed E-state index contributed by atoms with van der Waals surface area (Å²) in [6.45, 7) is 3.19. The predicted molar refractivity (Wildman–Crippen MR) is 57.6 cm³/mol. The van der Waals surface area contributed by atoms with Crippen LogP contribution < -0.4 is 11.1 Å². The van der Waals surface area contributed by atoms with Crippen LogP contribution in [-0.4, -0.2) is 19.0 Å². The van der Waals surface area contributed by atoms with Gasteiger partial charge in [-0.1, -0.05) is 25.7 Å². The number of carbonyl (C=O) groups is 1. The lowest BCUT2D eigenvalue weighted by Gasteiger charge is -2.01. The van der Waals surface area contributed by atoms with Crippen molar-refractivity contribution in [3.63, 3.8) is 0 Å². The number of carbonyl (C=O) groups excluding carboxylic acids is 1. The summed E-state index contributed by atoms with van der Waals surface area (Å²) in [5.41, 5.74) is 5.38. The third-order valence-corrected chi connectivity index (χ3v) is 2.00. The summed E-state index contributed by atoms with van der Waals surface area (Å²) in [6.07, 6.45) is 7.24. The van der Waals surface area contributed by atoms with E-state index in [-0.39, 0.29) is 7.33 Å². The summed E-state index contributed by atoms with van der Waals surface area (Å²) in [5, 5.41) is 2.79. The van der Waals surface area contributed by atoms with E-state index in [0.717, 1.165) is 25.9 Å². The van der Waals surface area contributed by atoms with Crippen LogP contribution in [0.4, 0.5) is 0 Å². The molecule has 0 heterocycles. The number of hydrogen-bond acceptors (Lipinski definition) is 2. The van der Waals surface area contributed by atoms with Crippen molar-refractivity contribution in [1.82, 2.24) is 5.32 Å². The van der Waals surface area contributed by atoms with Crippen molar-refractivity contribution in [2.75, 3.05) is 13.1 Å². The van der Waals surface area contributed by atoms with E-state index in [9.17, 15) is 4.79 Å². The molecule has 13 heavy (non-hydrogen) atoms. The van der Waals surface area contributed by atoms with E-state index in [2.05, 4.69) is 5.32 Å². The van der Waals surface area contributed by atoms with Crippen molar-refractivity contribution in [3.05, 3.63) is 0 Å². The molecule has 0 fully saturated rings. The molecule has 80 valence electrons. The van der Waals surface area contributed by atoms with Gasteiger partial charge in [-0.2, -0.15) is 0 Å². The molecule has 0 aromatic rings. The summed E-state index contributed by atoms with van der Waals surface area (Å²) in [5.74, 6) is 0.0723. The second-order valence-corrected chi connectivity index (χ2v) is 3.39. The van der Waals surface area contributed by atoms with Crippen LogP contribution in [0.25, 0.3) is 0 Å². The van der Waals surface area contributed by atoms with Gasteiger partial charge in [0.2, 0.25) is 5.91 Å². The van der Waals surface area contributed by atoms with E-state index in [1.165, 1.54) is 25.7 Å². The number of nitrogens with two attached hydrogens (primary N) is 1. The number of hydrogen-bond donors (Lipinski definition) is 2. The van der Waals surface area contributed by atoms with Gasteiger partial charge in [0.05, 0.1) is 0 Å². The number of amides is 1. The smallest absolute Gasteiger partial charge is 0.216 e. The molecule has 0 spiro atoms. The summed E-state index contributed by atoms with van der Waals surface area (Å²) in [4.78, 5) is 10.5. The molecule has 3 N–H and O–H groups in total. The first-order valence-corrected chi connectivity index (χ1v) is 5.22. The van der Waals surface area contributed by atoms with Crippen LogP contribution in [-0.2, 0) is 4.79 Å². The van der Waals surface area contributed by atoms with Gasteiger partial charge in [0, 0.05) is 14.9 Å². The SMILES string of the molecule is CC(=O)NCCCCCCCCN.[HH]. The third kappa shape index (κ3) is 11.4. The molecule has 0 unspecified atom stereocenters. The van der Waals surface area contributed by atoms with Crippen LogP contribution in [0, 0.1) is 0 Å². The highest BCUT2D eigenvalue weighted by molar-refractivity contribution is 5.72. The van der Waals surface area contributed by atoms with Gasteiger partial charge in [0.15, 0.2) is 0 Å². The highest BCUT2D eigenvalue weighted by Gasteiger charge is 1.92. The standard InChI is InChI=1S/C10H22N2O.H2/c1-10(13)12-9-7-5-3-2-4-6-8-11;/h2-9,11H2,1H3,(H,12,13);1H. The van der Waals surface area contributed by atoms with Gasteiger partial charge in [-0.05, 0) is 19.4 Å². The van der Waals surface area contributed by atoms with Crippen LogP contribution in [0.15, 0.2) is 0 Å². The Morgan fingerprint density at radius 3 is 2.23 bits per heavy atom. The average Bonchev–Trinajstić information content (AvgIpc) is 2.09. The van der Waals surface area contributed by atoms with Gasteiger partial charge in [-0.3, -0.25) is 4.79 Å². The molecule has 3 nitrogen and oxygen atoms in total. The van der Waals surface area contributed by atoms with Crippen LogP contribution in [0.1, 0.15) is 46.9 Å². The summed E-state index contributed by atoms with van der Waals surface area (Å²) in [7, 11) is 0. The van der Waals surface area contributed by atoms with Crippen LogP contribution in [0.3, 0.4) is 0 Å². The zero-order valence-corrected chi connectivity index (χ0v) is 8.64. The monoisotopic (exact) mass is 188 g/mol. The highest BCUT2D eigenvalue weighted by Crippen LogP contribution is 2.03. The zero-order chi connectivity index (χ0) is 9.94. The summed E-state index contributed by atoms with van der Waals surface area (Å²) < 4.78 is 0. The first kappa shape index (κ1) is 12.4. The van der Waals surface area contributed by atoms with E-state index in [4.69, 9.17) is 5.73 Å². The molecule has 0 radical (unpaired) electrons. The Kier molecular flexibility index (Phi) is 9.10. The van der Waals surface area contributed by atoms with Crippen LogP contribution in [0.2, 0.25) is 0 Å². The largest absolute Gasteiger partial charge is 0.356 e. The maximum Gasteiger partial charge on any atom is 0.216 e. The van der Waals surface area contributed by atoms with Crippen molar-refractivity contribution in [2.45, 2.75) is 45.4 Å². The predicted octanol–water partition coefficient (Wildman–Crippen LogP) is 1.67. The number of unbranched alkanes of at least 4 members (excludes halogenated alkanes) is 5. The lowest BCUT2D eigenvalue weighted by molar-refractivity contribution is -0.118. The molecule has 0 aliphatic carbocycles. The van der Waals surface area contributed by atoms with Crippen molar-refractivity contribution in [3.8, 4) is 0 Å². The Bertz CT molecular complexity index is 131. The number of rotatable bonds is 8. The molecule has 0 aliphatic rings.